The van der Waals surface area contributed by atoms with Crippen LogP contribution in [0.25, 0.3) is 0 Å². The summed E-state index contributed by atoms with van der Waals surface area (Å²) >= 11 is 0. The van der Waals surface area contributed by atoms with Crippen LogP contribution in [-0.4, -0.2) is 13.3 Å². The Balaban J connectivity index is 2.69. The van der Waals surface area contributed by atoms with Crippen LogP contribution in [0.2, 0.25) is 0 Å². The van der Waals surface area contributed by atoms with Gasteiger partial charge in [0.05, 0.1) is 0 Å². The first-order chi connectivity index (χ1) is 12.3. The minimum absolute atomic E-state index is 0.128. The fourth-order valence-corrected chi connectivity index (χ4v) is 2.98. The molecule has 0 unspecified atom stereocenters. The normalized spacial score (nSPS) is 12.5. The first-order valence-electron chi connectivity index (χ1n) is 9.01. The molecule has 0 bridgehead atoms. The number of hydrogen-bond acceptors (Lipinski definition) is 2. The Morgan fingerprint density at radius 1 is 1.00 bits per heavy atom. The largest absolute Gasteiger partial charge is 0.310 e. The van der Waals surface area contributed by atoms with E-state index in [1.54, 1.807) is 13.3 Å². The molecule has 0 amide bonds. The molecule has 0 heterocycles. The zero-order valence-electron chi connectivity index (χ0n) is 16.9. The molecular weight excluding hydrogens is 316 g/mol. The molecular formula is C24H30N2. The molecule has 0 saturated heterocycles. The van der Waals surface area contributed by atoms with E-state index in [9.17, 15) is 0 Å². The van der Waals surface area contributed by atoms with Crippen LogP contribution in [0, 0.1) is 13.8 Å². The second-order valence-corrected chi connectivity index (χ2v) is 7.58. The molecule has 0 aromatic heterocycles. The Kier molecular flexibility index (Phi) is 6.20. The van der Waals surface area contributed by atoms with Gasteiger partial charge < -0.3 is 4.90 Å². The van der Waals surface area contributed by atoms with E-state index in [1.165, 1.54) is 16.7 Å². The number of aryl methyl sites for hydroxylation is 2. The van der Waals surface area contributed by atoms with Gasteiger partial charge in [0.2, 0.25) is 0 Å². The second kappa shape index (κ2) is 8.18. The standard InChI is InChI=1S/C24H30N2/c1-8-21(15-16-25-7)26(22-12-10-9-11-18(22)2)23-14-13-20(17-19(23)3)24(4,5)6/h8-17H,1H2,2-7H3/b21-15+,25-16-. The molecule has 26 heavy (non-hydrogen) atoms. The summed E-state index contributed by atoms with van der Waals surface area (Å²) in [5, 5.41) is 0. The number of allylic oxidation sites excluding steroid dienone is 2. The van der Waals surface area contributed by atoms with Gasteiger partial charge in [-0.25, -0.2) is 0 Å². The Hall–Kier alpha value is -2.61. The minimum Gasteiger partial charge on any atom is -0.310 e. The number of hydrogen-bond donors (Lipinski definition) is 0. The summed E-state index contributed by atoms with van der Waals surface area (Å²) in [6.07, 6.45) is 5.68. The lowest BCUT2D eigenvalue weighted by molar-refractivity contribution is 0.590. The molecule has 136 valence electrons. The predicted octanol–water partition coefficient (Wildman–Crippen LogP) is 6.51. The van der Waals surface area contributed by atoms with Crippen molar-refractivity contribution in [3.05, 3.63) is 83.6 Å². The number of nitrogens with zero attached hydrogens (tertiary/aromatic N) is 2. The van der Waals surface area contributed by atoms with Crippen molar-refractivity contribution in [2.75, 3.05) is 11.9 Å². The number of para-hydroxylation sites is 1. The van der Waals surface area contributed by atoms with E-state index < -0.39 is 0 Å². The first-order valence-corrected chi connectivity index (χ1v) is 9.01. The molecule has 0 N–H and O–H groups in total. The molecule has 2 aromatic carbocycles. The maximum Gasteiger partial charge on any atom is 0.0491 e. The third-order valence-electron chi connectivity index (χ3n) is 4.52. The van der Waals surface area contributed by atoms with Crippen molar-refractivity contribution < 1.29 is 0 Å². The average Bonchev–Trinajstić information content (AvgIpc) is 2.59. The van der Waals surface area contributed by atoms with E-state index in [1.807, 2.05) is 12.2 Å². The number of benzene rings is 2. The molecule has 2 aromatic rings. The van der Waals surface area contributed by atoms with Gasteiger partial charge in [-0.05, 0) is 60.2 Å². The molecule has 2 nitrogen and oxygen atoms in total. The molecule has 0 radical (unpaired) electrons. The summed E-state index contributed by atoms with van der Waals surface area (Å²) in [6, 6.07) is 15.1. The molecule has 0 aliphatic rings. The Bertz CT molecular complexity index is 836. The van der Waals surface area contributed by atoms with E-state index in [0.29, 0.717) is 0 Å². The molecule has 0 spiro atoms. The van der Waals surface area contributed by atoms with Crippen LogP contribution in [0.4, 0.5) is 11.4 Å². The lowest BCUT2D eigenvalue weighted by Crippen LogP contribution is -2.18. The van der Waals surface area contributed by atoms with Crippen molar-refractivity contribution in [3.63, 3.8) is 0 Å². The van der Waals surface area contributed by atoms with Gasteiger partial charge in [-0.1, -0.05) is 57.7 Å². The van der Waals surface area contributed by atoms with Crippen LogP contribution in [0.3, 0.4) is 0 Å². The highest BCUT2D eigenvalue weighted by Gasteiger charge is 2.19. The topological polar surface area (TPSA) is 15.6 Å². The van der Waals surface area contributed by atoms with Crippen molar-refractivity contribution in [2.24, 2.45) is 4.99 Å². The summed E-state index contributed by atoms with van der Waals surface area (Å²) in [7, 11) is 1.78. The zero-order valence-corrected chi connectivity index (χ0v) is 16.9. The van der Waals surface area contributed by atoms with Crippen molar-refractivity contribution >= 4 is 17.6 Å². The molecule has 0 fully saturated rings. The molecule has 0 atom stereocenters. The monoisotopic (exact) mass is 346 g/mol. The quantitative estimate of drug-likeness (QED) is 0.445. The van der Waals surface area contributed by atoms with Gasteiger partial charge >= 0.3 is 0 Å². The molecule has 0 saturated carbocycles. The van der Waals surface area contributed by atoms with Gasteiger partial charge in [0, 0.05) is 30.3 Å². The summed E-state index contributed by atoms with van der Waals surface area (Å²) in [5.74, 6) is 0. The van der Waals surface area contributed by atoms with Crippen molar-refractivity contribution in [3.8, 4) is 0 Å². The van der Waals surface area contributed by atoms with Crippen LogP contribution >= 0.6 is 0 Å². The lowest BCUT2D eigenvalue weighted by atomic mass is 9.86. The van der Waals surface area contributed by atoms with Gasteiger partial charge in [0.25, 0.3) is 0 Å². The first kappa shape index (κ1) is 19.7. The molecule has 2 rings (SSSR count). The number of aliphatic imine (C=N–C) groups is 1. The Morgan fingerprint density at radius 3 is 2.19 bits per heavy atom. The SMILES string of the molecule is C=C/C(=C\C=N/C)N(c1ccccc1C)c1ccc(C(C)(C)C)cc1C. The maximum absolute atomic E-state index is 4.11. The van der Waals surface area contributed by atoms with Crippen LogP contribution in [0.5, 0.6) is 0 Å². The van der Waals surface area contributed by atoms with E-state index in [0.717, 1.165) is 17.1 Å². The smallest absolute Gasteiger partial charge is 0.0491 e. The maximum atomic E-state index is 4.11. The molecule has 0 aliphatic heterocycles. The summed E-state index contributed by atoms with van der Waals surface area (Å²) in [4.78, 5) is 6.36. The Morgan fingerprint density at radius 2 is 1.65 bits per heavy atom. The van der Waals surface area contributed by atoms with E-state index in [-0.39, 0.29) is 5.41 Å². The Labute approximate surface area is 158 Å². The van der Waals surface area contributed by atoms with Crippen molar-refractivity contribution in [1.29, 1.82) is 0 Å². The van der Waals surface area contributed by atoms with E-state index in [2.05, 4.69) is 93.6 Å². The fraction of sp³-hybridized carbons (Fsp3) is 0.292. The van der Waals surface area contributed by atoms with Crippen LogP contribution < -0.4 is 4.90 Å². The highest BCUT2D eigenvalue weighted by atomic mass is 15.1. The van der Waals surface area contributed by atoms with Crippen LogP contribution in [0.15, 0.2) is 71.9 Å². The summed E-state index contributed by atoms with van der Waals surface area (Å²) in [5.41, 5.74) is 7.22. The van der Waals surface area contributed by atoms with Gasteiger partial charge in [-0.2, -0.15) is 0 Å². The van der Waals surface area contributed by atoms with Crippen LogP contribution in [-0.2, 0) is 5.41 Å². The third-order valence-corrected chi connectivity index (χ3v) is 4.52. The number of rotatable bonds is 5. The molecule has 0 aliphatic carbocycles. The van der Waals surface area contributed by atoms with Crippen molar-refractivity contribution in [2.45, 2.75) is 40.0 Å². The van der Waals surface area contributed by atoms with E-state index in [4.69, 9.17) is 0 Å². The fourth-order valence-electron chi connectivity index (χ4n) is 2.98. The second-order valence-electron chi connectivity index (χ2n) is 7.58. The van der Waals surface area contributed by atoms with Gasteiger partial charge in [-0.15, -0.1) is 0 Å². The summed E-state index contributed by atoms with van der Waals surface area (Å²) < 4.78 is 0. The average molecular weight is 347 g/mol. The van der Waals surface area contributed by atoms with Crippen molar-refractivity contribution in [1.82, 2.24) is 0 Å². The third kappa shape index (κ3) is 4.32. The molecule has 2 heteroatoms. The zero-order chi connectivity index (χ0) is 19.3. The van der Waals surface area contributed by atoms with Crippen LogP contribution in [0.1, 0.15) is 37.5 Å². The van der Waals surface area contributed by atoms with Gasteiger partial charge in [0.15, 0.2) is 0 Å². The summed E-state index contributed by atoms with van der Waals surface area (Å²) in [6.45, 7) is 15.1. The predicted molar refractivity (Wildman–Crippen MR) is 116 cm³/mol. The number of anilines is 2. The highest BCUT2D eigenvalue weighted by molar-refractivity contribution is 5.80. The van der Waals surface area contributed by atoms with Gasteiger partial charge in [-0.3, -0.25) is 4.99 Å². The lowest BCUT2D eigenvalue weighted by Gasteiger charge is -2.30. The minimum atomic E-state index is 0.128. The highest BCUT2D eigenvalue weighted by Crippen LogP contribution is 2.36. The van der Waals surface area contributed by atoms with Gasteiger partial charge in [0.1, 0.15) is 0 Å². The van der Waals surface area contributed by atoms with E-state index >= 15 is 0 Å².